The average molecular weight is 784 g/mol. The molecule has 1 aliphatic carbocycles. The van der Waals surface area contributed by atoms with Gasteiger partial charge in [0.15, 0.2) is 5.76 Å². The van der Waals surface area contributed by atoms with Crippen molar-refractivity contribution in [2.45, 2.75) is 6.92 Å². The van der Waals surface area contributed by atoms with Gasteiger partial charge >= 0.3 is 5.97 Å². The first-order chi connectivity index (χ1) is 15.4. The lowest BCUT2D eigenvalue weighted by Gasteiger charge is -2.21. The minimum Gasteiger partial charge on any atom is -0.478 e. The summed E-state index contributed by atoms with van der Waals surface area (Å²) in [7, 11) is 0. The van der Waals surface area contributed by atoms with Crippen LogP contribution in [0.2, 0.25) is 20.1 Å². The quantitative estimate of drug-likeness (QED) is 0.125. The van der Waals surface area contributed by atoms with E-state index in [4.69, 9.17) is 50.8 Å². The molecule has 170 valence electrons. The minimum absolute atomic E-state index is 0.0365. The molecule has 0 spiro atoms. The molecule has 0 fully saturated rings. The van der Waals surface area contributed by atoms with Gasteiger partial charge in [0.05, 0.1) is 34.6 Å². The lowest BCUT2D eigenvalue weighted by atomic mass is 9.90. The first-order valence-corrected chi connectivity index (χ1v) is 13.4. The Morgan fingerprint density at radius 2 is 1.48 bits per heavy atom. The third kappa shape index (κ3) is 3.99. The van der Waals surface area contributed by atoms with E-state index in [2.05, 4.69) is 63.7 Å². The Morgan fingerprint density at radius 3 is 2.09 bits per heavy atom. The number of carbonyl (C=O) groups is 1. The molecule has 0 unspecified atom stereocenters. The van der Waals surface area contributed by atoms with Crippen molar-refractivity contribution in [2.75, 3.05) is 0 Å². The number of hydrogen-bond donors (Lipinski definition) is 1. The van der Waals surface area contributed by atoms with Crippen LogP contribution in [0.25, 0.3) is 33.4 Å². The molecule has 0 amide bonds. The van der Waals surface area contributed by atoms with E-state index in [-0.39, 0.29) is 51.4 Å². The molecule has 0 atom stereocenters. The van der Waals surface area contributed by atoms with Crippen LogP contribution in [0.1, 0.15) is 15.9 Å². The van der Waals surface area contributed by atoms with E-state index in [0.29, 0.717) is 26.6 Å². The van der Waals surface area contributed by atoms with Gasteiger partial charge in [0.1, 0.15) is 10.1 Å². The van der Waals surface area contributed by atoms with E-state index < -0.39 is 5.97 Å². The Labute approximate surface area is 240 Å². The summed E-state index contributed by atoms with van der Waals surface area (Å²) in [6.45, 7) is 1.86. The van der Waals surface area contributed by atoms with Crippen molar-refractivity contribution < 1.29 is 14.3 Å². The van der Waals surface area contributed by atoms with Crippen molar-refractivity contribution in [2.24, 2.45) is 0 Å². The van der Waals surface area contributed by atoms with Crippen LogP contribution in [-0.2, 0) is 0 Å². The summed E-state index contributed by atoms with van der Waals surface area (Å²) in [6.07, 6.45) is 0. The average Bonchev–Trinajstić information content (AvgIpc) is 2.76. The highest BCUT2D eigenvalue weighted by molar-refractivity contribution is 9.11. The smallest absolute Gasteiger partial charge is 0.337 e. The van der Waals surface area contributed by atoms with Crippen molar-refractivity contribution in [3.8, 4) is 22.5 Å². The monoisotopic (exact) mass is 778 g/mol. The fraction of sp³-hybridized carbons (Fsp3) is 0.0476. The lowest BCUT2D eigenvalue weighted by molar-refractivity contribution is 0.0698. The van der Waals surface area contributed by atoms with Crippen LogP contribution < -0.4 is 5.43 Å². The zero-order chi connectivity index (χ0) is 24.5. The van der Waals surface area contributed by atoms with Gasteiger partial charge in [-0.05, 0) is 72.4 Å². The minimum atomic E-state index is -1.36. The van der Waals surface area contributed by atoms with Gasteiger partial charge in [0.2, 0.25) is 5.43 Å². The normalized spacial score (nSPS) is 11.5. The SMILES string of the molecule is Cc1c(Br)cc2c(-c3c(Cl)c(Cl)c(Cl)c(Cl)c3C(=O)O)c3cc(Br)c(=O)c(Br)c-3oc2c1Br. The van der Waals surface area contributed by atoms with Crippen LogP contribution in [0, 0.1) is 6.92 Å². The molecular formula is C21H6Br4Cl4O4. The largest absolute Gasteiger partial charge is 0.478 e. The van der Waals surface area contributed by atoms with Crippen molar-refractivity contribution in [1.82, 2.24) is 0 Å². The Morgan fingerprint density at radius 1 is 0.879 bits per heavy atom. The van der Waals surface area contributed by atoms with Crippen LogP contribution >= 0.6 is 110 Å². The van der Waals surface area contributed by atoms with Crippen molar-refractivity contribution >= 4 is 127 Å². The Bertz CT molecular complexity index is 1570. The molecule has 12 heteroatoms. The van der Waals surface area contributed by atoms with Gasteiger partial charge in [0.25, 0.3) is 0 Å². The van der Waals surface area contributed by atoms with Gasteiger partial charge in [-0.3, -0.25) is 4.79 Å². The van der Waals surface area contributed by atoms with Crippen molar-refractivity contribution in [3.63, 3.8) is 0 Å². The number of aromatic carboxylic acids is 1. The molecule has 1 N–H and O–H groups in total. The molecule has 0 saturated carbocycles. The highest BCUT2D eigenvalue weighted by Gasteiger charge is 2.32. The lowest BCUT2D eigenvalue weighted by Crippen LogP contribution is -2.09. The summed E-state index contributed by atoms with van der Waals surface area (Å²) in [4.78, 5) is 24.9. The summed E-state index contributed by atoms with van der Waals surface area (Å²) in [6, 6.07) is 3.29. The van der Waals surface area contributed by atoms with E-state index in [9.17, 15) is 14.7 Å². The van der Waals surface area contributed by atoms with E-state index in [1.54, 1.807) is 6.07 Å². The summed E-state index contributed by atoms with van der Waals surface area (Å²) >= 11 is 39.1. The molecule has 4 rings (SSSR count). The van der Waals surface area contributed by atoms with Crippen molar-refractivity contribution in [1.29, 1.82) is 0 Å². The van der Waals surface area contributed by atoms with Crippen LogP contribution in [0.15, 0.2) is 39.2 Å². The molecule has 4 nitrogen and oxygen atoms in total. The van der Waals surface area contributed by atoms with Crippen LogP contribution in [0.5, 0.6) is 0 Å². The molecule has 0 radical (unpaired) electrons. The second-order valence-corrected chi connectivity index (χ2v) is 11.6. The Hall–Kier alpha value is -0.320. The maximum atomic E-state index is 12.6. The third-order valence-electron chi connectivity index (χ3n) is 5.01. The zero-order valence-electron chi connectivity index (χ0n) is 15.9. The maximum Gasteiger partial charge on any atom is 0.337 e. The van der Waals surface area contributed by atoms with Gasteiger partial charge in [-0.2, -0.15) is 0 Å². The number of halogens is 8. The number of benzene rings is 3. The van der Waals surface area contributed by atoms with E-state index in [0.717, 1.165) is 10.0 Å². The van der Waals surface area contributed by atoms with E-state index >= 15 is 0 Å². The number of fused-ring (bicyclic) bond motifs is 2. The number of rotatable bonds is 2. The molecule has 33 heavy (non-hydrogen) atoms. The molecule has 0 bridgehead atoms. The maximum absolute atomic E-state index is 12.6. The van der Waals surface area contributed by atoms with Crippen LogP contribution in [0.3, 0.4) is 0 Å². The Balaban J connectivity index is 2.43. The molecule has 2 aliphatic rings. The summed E-state index contributed by atoms with van der Waals surface area (Å²) in [5.74, 6) is -1.18. The molecule has 1 heterocycles. The van der Waals surface area contributed by atoms with Gasteiger partial charge in [0, 0.05) is 26.5 Å². The molecule has 2 aromatic rings. The highest BCUT2D eigenvalue weighted by atomic mass is 79.9. The number of carboxylic acids is 1. The Kier molecular flexibility index (Phi) is 7.25. The highest BCUT2D eigenvalue weighted by Crippen LogP contribution is 2.53. The molecule has 2 aromatic carbocycles. The zero-order valence-corrected chi connectivity index (χ0v) is 25.2. The van der Waals surface area contributed by atoms with E-state index in [1.165, 1.54) is 6.07 Å². The number of hydrogen-bond acceptors (Lipinski definition) is 3. The van der Waals surface area contributed by atoms with E-state index in [1.807, 2.05) is 6.92 Å². The first kappa shape index (κ1) is 25.8. The number of carboxylic acid groups (broad SMARTS) is 1. The second-order valence-electron chi connectivity index (χ2n) is 6.84. The van der Waals surface area contributed by atoms with Crippen molar-refractivity contribution in [3.05, 3.63) is 71.5 Å². The van der Waals surface area contributed by atoms with Crippen LogP contribution in [-0.4, -0.2) is 11.1 Å². The standard InChI is InChI=1S/C21H6Br4Cl4O4/c1-4-7(22)2-5-9(10-11(21(31)32)15(27)17(29)16(28)14(10)26)6-3-8(23)18(30)13(25)20(6)33-19(5)12(4)24/h2-3H,1H3,(H,31,32). The summed E-state index contributed by atoms with van der Waals surface area (Å²) in [5, 5.41) is 9.88. The summed E-state index contributed by atoms with van der Waals surface area (Å²) in [5.41, 5.74) is 1.27. The topological polar surface area (TPSA) is 67.5 Å². The van der Waals surface area contributed by atoms with Gasteiger partial charge in [-0.1, -0.05) is 62.3 Å². The fourth-order valence-corrected chi connectivity index (χ4v) is 6.86. The van der Waals surface area contributed by atoms with Gasteiger partial charge in [-0.15, -0.1) is 0 Å². The van der Waals surface area contributed by atoms with Gasteiger partial charge in [-0.25, -0.2) is 4.79 Å². The molecule has 0 aromatic heterocycles. The summed E-state index contributed by atoms with van der Waals surface area (Å²) < 4.78 is 7.82. The molecule has 0 saturated heterocycles. The fourth-order valence-electron chi connectivity index (χ4n) is 3.43. The van der Waals surface area contributed by atoms with Gasteiger partial charge < -0.3 is 9.52 Å². The predicted molar refractivity (Wildman–Crippen MR) is 147 cm³/mol. The first-order valence-electron chi connectivity index (χ1n) is 8.71. The second kappa shape index (κ2) is 9.28. The predicted octanol–water partition coefficient (Wildman–Crippen LogP) is 10.2. The van der Waals surface area contributed by atoms with Crippen LogP contribution in [0.4, 0.5) is 0 Å². The molecular weight excluding hydrogens is 778 g/mol. The molecule has 1 aliphatic heterocycles. The third-order valence-corrected chi connectivity index (χ3v) is 9.90.